The Kier molecular flexibility index (Phi) is 5.12. The summed E-state index contributed by atoms with van der Waals surface area (Å²) in [6.07, 6.45) is 4.37. The molecule has 1 fully saturated rings. The van der Waals surface area contributed by atoms with Crippen molar-refractivity contribution in [3.05, 3.63) is 0 Å². The van der Waals surface area contributed by atoms with Crippen LogP contribution in [0.5, 0.6) is 0 Å². The fourth-order valence-electron chi connectivity index (χ4n) is 1.78. The van der Waals surface area contributed by atoms with Gasteiger partial charge in [0.15, 0.2) is 5.78 Å². The van der Waals surface area contributed by atoms with Crippen molar-refractivity contribution in [2.45, 2.75) is 57.7 Å². The highest BCUT2D eigenvalue weighted by molar-refractivity contribution is 5.82. The molecule has 1 N–H and O–H groups in total. The summed E-state index contributed by atoms with van der Waals surface area (Å²) in [5.74, 6) is -0.0256. The molecule has 1 aliphatic heterocycles. The molecule has 0 radical (unpaired) electrons. The highest BCUT2D eigenvalue weighted by Gasteiger charge is 2.19. The highest BCUT2D eigenvalue weighted by atomic mass is 16.5. The molecule has 0 bridgehead atoms. The van der Waals surface area contributed by atoms with Gasteiger partial charge in [-0.1, -0.05) is 13.3 Å². The standard InChI is InChI=1S/C11H20O3/c1-2-4-10(12)11(13)7-6-9-5-3-8-14-9/h9-10,12H,2-8H2,1H3. The predicted molar refractivity (Wildman–Crippen MR) is 54.1 cm³/mol. The van der Waals surface area contributed by atoms with Gasteiger partial charge in [-0.05, 0) is 25.7 Å². The third kappa shape index (κ3) is 3.76. The van der Waals surface area contributed by atoms with Gasteiger partial charge in [0.05, 0.1) is 6.10 Å². The van der Waals surface area contributed by atoms with Gasteiger partial charge in [0.2, 0.25) is 0 Å². The lowest BCUT2D eigenvalue weighted by Gasteiger charge is -2.11. The summed E-state index contributed by atoms with van der Waals surface area (Å²) >= 11 is 0. The Bertz CT molecular complexity index is 173. The average Bonchev–Trinajstić information content (AvgIpc) is 2.67. The van der Waals surface area contributed by atoms with Gasteiger partial charge in [-0.15, -0.1) is 0 Å². The first-order valence-electron chi connectivity index (χ1n) is 5.56. The van der Waals surface area contributed by atoms with E-state index in [9.17, 15) is 9.90 Å². The van der Waals surface area contributed by atoms with E-state index in [4.69, 9.17) is 4.74 Å². The van der Waals surface area contributed by atoms with E-state index in [0.29, 0.717) is 12.8 Å². The minimum Gasteiger partial charge on any atom is -0.385 e. The largest absolute Gasteiger partial charge is 0.385 e. The Labute approximate surface area is 85.5 Å². The number of aliphatic hydroxyl groups is 1. The minimum atomic E-state index is -0.749. The van der Waals surface area contributed by atoms with Gasteiger partial charge in [0.1, 0.15) is 6.10 Å². The Morgan fingerprint density at radius 3 is 3.00 bits per heavy atom. The van der Waals surface area contributed by atoms with Crippen molar-refractivity contribution in [3.63, 3.8) is 0 Å². The van der Waals surface area contributed by atoms with Crippen LogP contribution in [0, 0.1) is 0 Å². The Morgan fingerprint density at radius 1 is 1.64 bits per heavy atom. The van der Waals surface area contributed by atoms with E-state index in [1.165, 1.54) is 0 Å². The van der Waals surface area contributed by atoms with Gasteiger partial charge in [0.25, 0.3) is 0 Å². The summed E-state index contributed by atoms with van der Waals surface area (Å²) in [6.45, 7) is 2.80. The number of hydrogen-bond donors (Lipinski definition) is 1. The fourth-order valence-corrected chi connectivity index (χ4v) is 1.78. The van der Waals surface area contributed by atoms with Crippen LogP contribution in [0.4, 0.5) is 0 Å². The maximum Gasteiger partial charge on any atom is 0.161 e. The van der Waals surface area contributed by atoms with Crippen molar-refractivity contribution in [1.82, 2.24) is 0 Å². The monoisotopic (exact) mass is 200 g/mol. The zero-order valence-corrected chi connectivity index (χ0v) is 8.87. The van der Waals surface area contributed by atoms with Crippen LogP contribution in [0.2, 0.25) is 0 Å². The molecule has 0 spiro atoms. The van der Waals surface area contributed by atoms with Crippen molar-refractivity contribution in [2.75, 3.05) is 6.61 Å². The number of ketones is 1. The third-order valence-electron chi connectivity index (χ3n) is 2.67. The van der Waals surface area contributed by atoms with Gasteiger partial charge >= 0.3 is 0 Å². The third-order valence-corrected chi connectivity index (χ3v) is 2.67. The zero-order valence-electron chi connectivity index (χ0n) is 8.87. The molecule has 1 rings (SSSR count). The molecule has 1 saturated heterocycles. The van der Waals surface area contributed by atoms with E-state index in [0.717, 1.165) is 32.3 Å². The van der Waals surface area contributed by atoms with Crippen molar-refractivity contribution in [1.29, 1.82) is 0 Å². The minimum absolute atomic E-state index is 0.0256. The molecule has 0 saturated carbocycles. The van der Waals surface area contributed by atoms with Crippen molar-refractivity contribution in [2.24, 2.45) is 0 Å². The van der Waals surface area contributed by atoms with Gasteiger partial charge in [-0.25, -0.2) is 0 Å². The quantitative estimate of drug-likeness (QED) is 0.709. The van der Waals surface area contributed by atoms with E-state index in [-0.39, 0.29) is 11.9 Å². The van der Waals surface area contributed by atoms with Crippen LogP contribution in [0.15, 0.2) is 0 Å². The van der Waals surface area contributed by atoms with E-state index in [2.05, 4.69) is 0 Å². The molecule has 3 nitrogen and oxygen atoms in total. The SMILES string of the molecule is CCCC(O)C(=O)CCC1CCCO1. The smallest absolute Gasteiger partial charge is 0.161 e. The summed E-state index contributed by atoms with van der Waals surface area (Å²) in [4.78, 5) is 11.4. The Hall–Kier alpha value is -0.410. The Balaban J connectivity index is 2.13. The molecule has 1 aliphatic rings. The molecule has 3 heteroatoms. The molecule has 0 aromatic rings. The number of rotatable bonds is 6. The summed E-state index contributed by atoms with van der Waals surface area (Å²) in [6, 6.07) is 0. The summed E-state index contributed by atoms with van der Waals surface area (Å²) in [7, 11) is 0. The molecular weight excluding hydrogens is 180 g/mol. The van der Waals surface area contributed by atoms with Crippen LogP contribution >= 0.6 is 0 Å². The first-order chi connectivity index (χ1) is 6.74. The maximum atomic E-state index is 11.4. The second kappa shape index (κ2) is 6.14. The number of carbonyl (C=O) groups excluding carboxylic acids is 1. The predicted octanol–water partition coefficient (Wildman–Crippen LogP) is 1.68. The molecule has 82 valence electrons. The van der Waals surface area contributed by atoms with Gasteiger partial charge in [-0.2, -0.15) is 0 Å². The van der Waals surface area contributed by atoms with E-state index < -0.39 is 6.10 Å². The highest BCUT2D eigenvalue weighted by Crippen LogP contribution is 2.17. The molecule has 0 amide bonds. The maximum absolute atomic E-state index is 11.4. The number of carbonyl (C=O) groups is 1. The lowest BCUT2D eigenvalue weighted by molar-refractivity contribution is -0.128. The second-order valence-corrected chi connectivity index (χ2v) is 3.94. The van der Waals surface area contributed by atoms with Gasteiger partial charge in [0, 0.05) is 13.0 Å². The summed E-state index contributed by atoms with van der Waals surface area (Å²) < 4.78 is 5.41. The number of ether oxygens (including phenoxy) is 1. The van der Waals surface area contributed by atoms with Crippen LogP contribution in [0.3, 0.4) is 0 Å². The second-order valence-electron chi connectivity index (χ2n) is 3.94. The lowest BCUT2D eigenvalue weighted by Crippen LogP contribution is -2.21. The number of Topliss-reactive ketones (excluding diaryl/α,β-unsaturated/α-hetero) is 1. The van der Waals surface area contributed by atoms with Crippen molar-refractivity contribution < 1.29 is 14.6 Å². The summed E-state index contributed by atoms with van der Waals surface area (Å²) in [5, 5.41) is 9.40. The number of aliphatic hydroxyl groups excluding tert-OH is 1. The van der Waals surface area contributed by atoms with Crippen LogP contribution < -0.4 is 0 Å². The van der Waals surface area contributed by atoms with Gasteiger partial charge in [-0.3, -0.25) is 4.79 Å². The van der Waals surface area contributed by atoms with Crippen molar-refractivity contribution >= 4 is 5.78 Å². The molecule has 1 heterocycles. The topological polar surface area (TPSA) is 46.5 Å². The molecule has 0 aromatic heterocycles. The number of hydrogen-bond acceptors (Lipinski definition) is 3. The molecule has 0 aromatic carbocycles. The van der Waals surface area contributed by atoms with Gasteiger partial charge < -0.3 is 9.84 Å². The molecule has 0 aliphatic carbocycles. The normalized spacial score (nSPS) is 23.7. The first-order valence-corrected chi connectivity index (χ1v) is 5.56. The van der Waals surface area contributed by atoms with E-state index in [1.807, 2.05) is 6.92 Å². The van der Waals surface area contributed by atoms with Crippen LogP contribution in [0.25, 0.3) is 0 Å². The average molecular weight is 200 g/mol. The Morgan fingerprint density at radius 2 is 2.43 bits per heavy atom. The fraction of sp³-hybridized carbons (Fsp3) is 0.909. The lowest BCUT2D eigenvalue weighted by atomic mass is 10.0. The molecular formula is C11H20O3. The molecule has 14 heavy (non-hydrogen) atoms. The van der Waals surface area contributed by atoms with E-state index in [1.54, 1.807) is 0 Å². The molecule has 2 unspecified atom stereocenters. The van der Waals surface area contributed by atoms with Crippen molar-refractivity contribution in [3.8, 4) is 0 Å². The summed E-state index contributed by atoms with van der Waals surface area (Å²) in [5.41, 5.74) is 0. The van der Waals surface area contributed by atoms with Crippen LogP contribution in [-0.4, -0.2) is 29.7 Å². The van der Waals surface area contributed by atoms with E-state index >= 15 is 0 Å². The zero-order chi connectivity index (χ0) is 10.4. The first kappa shape index (κ1) is 11.7. The molecule has 2 atom stereocenters. The van der Waals surface area contributed by atoms with Crippen LogP contribution in [0.1, 0.15) is 45.4 Å². The van der Waals surface area contributed by atoms with Crippen LogP contribution in [-0.2, 0) is 9.53 Å².